The quantitative estimate of drug-likeness (QED) is 0.619. The van der Waals surface area contributed by atoms with Gasteiger partial charge in [0.2, 0.25) is 0 Å². The number of hydrogen-bond acceptors (Lipinski definition) is 5. The van der Waals surface area contributed by atoms with E-state index in [4.69, 9.17) is 15.2 Å². The van der Waals surface area contributed by atoms with Crippen molar-refractivity contribution in [3.05, 3.63) is 24.3 Å². The van der Waals surface area contributed by atoms with Crippen LogP contribution in [0.2, 0.25) is 0 Å². The van der Waals surface area contributed by atoms with Crippen LogP contribution < -0.4 is 10.5 Å². The minimum Gasteiger partial charge on any atom is -0.497 e. The first-order valence-electron chi connectivity index (χ1n) is 5.36. The van der Waals surface area contributed by atoms with Crippen molar-refractivity contribution in [2.75, 3.05) is 19.5 Å². The summed E-state index contributed by atoms with van der Waals surface area (Å²) in [5.74, 6) is 0.925. The second-order valence-corrected chi connectivity index (χ2v) is 4.44. The second-order valence-electron chi connectivity index (χ2n) is 3.35. The number of carbonyl (C=O) groups is 1. The maximum absolute atomic E-state index is 11.3. The molecule has 4 nitrogen and oxygen atoms in total. The summed E-state index contributed by atoms with van der Waals surface area (Å²) in [7, 11) is 1.62. The van der Waals surface area contributed by atoms with Crippen LogP contribution in [0.5, 0.6) is 5.75 Å². The molecule has 0 radical (unpaired) electrons. The lowest BCUT2D eigenvalue weighted by Crippen LogP contribution is -2.34. The van der Waals surface area contributed by atoms with Gasteiger partial charge in [0.05, 0.1) is 13.7 Å². The van der Waals surface area contributed by atoms with Gasteiger partial charge in [0, 0.05) is 10.6 Å². The molecular formula is C12H17NO3S. The number of carbonyl (C=O) groups excluding carboxylic acids is 1. The zero-order valence-electron chi connectivity index (χ0n) is 10.0. The predicted molar refractivity (Wildman–Crippen MR) is 68.3 cm³/mol. The Hall–Kier alpha value is -1.20. The van der Waals surface area contributed by atoms with Crippen LogP contribution in [0.3, 0.4) is 0 Å². The van der Waals surface area contributed by atoms with E-state index in [2.05, 4.69) is 0 Å². The molecule has 1 aromatic rings. The van der Waals surface area contributed by atoms with E-state index in [1.165, 1.54) is 11.8 Å². The van der Waals surface area contributed by atoms with Crippen LogP contribution in [0.4, 0.5) is 0 Å². The van der Waals surface area contributed by atoms with Crippen LogP contribution in [0, 0.1) is 0 Å². The molecule has 0 spiro atoms. The van der Waals surface area contributed by atoms with E-state index in [1.807, 2.05) is 24.3 Å². The molecule has 1 atom stereocenters. The van der Waals surface area contributed by atoms with E-state index in [9.17, 15) is 4.79 Å². The van der Waals surface area contributed by atoms with E-state index in [0.29, 0.717) is 12.4 Å². The Balaban J connectivity index is 2.46. The third-order valence-corrected chi connectivity index (χ3v) is 3.17. The van der Waals surface area contributed by atoms with Crippen LogP contribution in [0.15, 0.2) is 29.2 Å². The van der Waals surface area contributed by atoms with Gasteiger partial charge >= 0.3 is 5.97 Å². The van der Waals surface area contributed by atoms with E-state index in [-0.39, 0.29) is 5.97 Å². The molecular weight excluding hydrogens is 238 g/mol. The largest absolute Gasteiger partial charge is 0.497 e. The molecule has 0 saturated carbocycles. The Morgan fingerprint density at radius 2 is 2.29 bits per heavy atom. The van der Waals surface area contributed by atoms with Gasteiger partial charge in [-0.1, -0.05) is 6.07 Å². The third kappa shape index (κ3) is 4.66. The summed E-state index contributed by atoms with van der Waals surface area (Å²) in [5, 5.41) is 0. The number of esters is 1. The smallest absolute Gasteiger partial charge is 0.323 e. The van der Waals surface area contributed by atoms with Gasteiger partial charge in [-0.3, -0.25) is 4.79 Å². The number of methoxy groups -OCH3 is 1. The van der Waals surface area contributed by atoms with Crippen molar-refractivity contribution in [3.8, 4) is 5.75 Å². The van der Waals surface area contributed by atoms with Crippen molar-refractivity contribution in [1.29, 1.82) is 0 Å². The highest BCUT2D eigenvalue weighted by atomic mass is 32.2. The van der Waals surface area contributed by atoms with Gasteiger partial charge in [0.1, 0.15) is 11.8 Å². The number of benzene rings is 1. The number of ether oxygens (including phenoxy) is 2. The van der Waals surface area contributed by atoms with Crippen LogP contribution >= 0.6 is 11.8 Å². The summed E-state index contributed by atoms with van der Waals surface area (Å²) in [6.07, 6.45) is 0. The van der Waals surface area contributed by atoms with E-state index in [0.717, 1.165) is 10.6 Å². The van der Waals surface area contributed by atoms with Crippen molar-refractivity contribution in [2.24, 2.45) is 5.73 Å². The maximum Gasteiger partial charge on any atom is 0.323 e. The minimum atomic E-state index is -0.592. The van der Waals surface area contributed by atoms with Crippen molar-refractivity contribution in [2.45, 2.75) is 17.9 Å². The molecule has 5 heteroatoms. The van der Waals surface area contributed by atoms with Gasteiger partial charge in [-0.2, -0.15) is 0 Å². The number of hydrogen-bond donors (Lipinski definition) is 1. The van der Waals surface area contributed by atoms with Gasteiger partial charge in [0.25, 0.3) is 0 Å². The molecule has 0 bridgehead atoms. The molecule has 17 heavy (non-hydrogen) atoms. The first kappa shape index (κ1) is 13.9. The molecule has 94 valence electrons. The van der Waals surface area contributed by atoms with Gasteiger partial charge in [-0.15, -0.1) is 11.8 Å². The Morgan fingerprint density at radius 1 is 1.53 bits per heavy atom. The summed E-state index contributed by atoms with van der Waals surface area (Å²) in [6, 6.07) is 7.03. The summed E-state index contributed by atoms with van der Waals surface area (Å²) in [4.78, 5) is 12.3. The Morgan fingerprint density at radius 3 is 2.94 bits per heavy atom. The number of rotatable bonds is 6. The summed E-state index contributed by atoms with van der Waals surface area (Å²) >= 11 is 1.51. The fourth-order valence-corrected chi connectivity index (χ4v) is 2.08. The van der Waals surface area contributed by atoms with Crippen molar-refractivity contribution >= 4 is 17.7 Å². The van der Waals surface area contributed by atoms with Crippen molar-refractivity contribution < 1.29 is 14.3 Å². The summed E-state index contributed by atoms with van der Waals surface area (Å²) in [6.45, 7) is 2.12. The third-order valence-electron chi connectivity index (χ3n) is 2.06. The van der Waals surface area contributed by atoms with Gasteiger partial charge < -0.3 is 15.2 Å². The standard InChI is InChI=1S/C12H17NO3S/c1-3-16-12(14)11(13)8-17-10-6-4-5-9(7-10)15-2/h4-7,11H,3,8,13H2,1-2H3. The first-order chi connectivity index (χ1) is 8.17. The molecule has 0 saturated heterocycles. The molecule has 0 amide bonds. The predicted octanol–water partition coefficient (Wildman–Crippen LogP) is 1.68. The van der Waals surface area contributed by atoms with Gasteiger partial charge in [-0.05, 0) is 25.1 Å². The lowest BCUT2D eigenvalue weighted by Gasteiger charge is -2.10. The molecule has 1 rings (SSSR count). The molecule has 0 aliphatic heterocycles. The molecule has 1 unspecified atom stereocenters. The molecule has 0 fully saturated rings. The monoisotopic (exact) mass is 255 g/mol. The molecule has 0 aliphatic rings. The summed E-state index contributed by atoms with van der Waals surface area (Å²) < 4.78 is 9.95. The van der Waals surface area contributed by atoms with E-state index < -0.39 is 6.04 Å². The highest BCUT2D eigenvalue weighted by Gasteiger charge is 2.14. The Kier molecular flexibility index (Phi) is 5.86. The van der Waals surface area contributed by atoms with Crippen molar-refractivity contribution in [1.82, 2.24) is 0 Å². The van der Waals surface area contributed by atoms with Crippen molar-refractivity contribution in [3.63, 3.8) is 0 Å². The lowest BCUT2D eigenvalue weighted by molar-refractivity contribution is -0.144. The molecule has 0 heterocycles. The minimum absolute atomic E-state index is 0.357. The van der Waals surface area contributed by atoms with Crippen LogP contribution in [-0.4, -0.2) is 31.5 Å². The number of nitrogens with two attached hydrogens (primary N) is 1. The Bertz CT molecular complexity index is 371. The van der Waals surface area contributed by atoms with Gasteiger partial charge in [0.15, 0.2) is 0 Å². The number of thioether (sulfide) groups is 1. The highest BCUT2D eigenvalue weighted by molar-refractivity contribution is 7.99. The fourth-order valence-electron chi connectivity index (χ4n) is 1.19. The zero-order valence-corrected chi connectivity index (χ0v) is 10.8. The molecule has 0 aliphatic carbocycles. The van der Waals surface area contributed by atoms with E-state index >= 15 is 0 Å². The first-order valence-corrected chi connectivity index (χ1v) is 6.35. The average Bonchev–Trinajstić information content (AvgIpc) is 2.36. The normalized spacial score (nSPS) is 11.9. The molecule has 1 aromatic carbocycles. The Labute approximate surface area is 105 Å². The van der Waals surface area contributed by atoms with Crippen LogP contribution in [-0.2, 0) is 9.53 Å². The highest BCUT2D eigenvalue weighted by Crippen LogP contribution is 2.23. The van der Waals surface area contributed by atoms with Crippen LogP contribution in [0.25, 0.3) is 0 Å². The molecule has 2 N–H and O–H groups in total. The molecule has 0 aromatic heterocycles. The lowest BCUT2D eigenvalue weighted by atomic mass is 10.3. The van der Waals surface area contributed by atoms with Gasteiger partial charge in [-0.25, -0.2) is 0 Å². The van der Waals surface area contributed by atoms with Crippen LogP contribution in [0.1, 0.15) is 6.92 Å². The fraction of sp³-hybridized carbons (Fsp3) is 0.417. The second kappa shape index (κ2) is 7.19. The zero-order chi connectivity index (χ0) is 12.7. The van der Waals surface area contributed by atoms with E-state index in [1.54, 1.807) is 14.0 Å². The summed E-state index contributed by atoms with van der Waals surface area (Å²) in [5.41, 5.74) is 5.70. The SMILES string of the molecule is CCOC(=O)C(N)CSc1cccc(OC)c1. The average molecular weight is 255 g/mol. The maximum atomic E-state index is 11.3. The topological polar surface area (TPSA) is 61.5 Å².